The van der Waals surface area contributed by atoms with Crippen molar-refractivity contribution in [1.29, 1.82) is 0 Å². The molecule has 0 atom stereocenters. The first kappa shape index (κ1) is 30.8. The first-order valence-electron chi connectivity index (χ1n) is 11.6. The van der Waals surface area contributed by atoms with Crippen molar-refractivity contribution in [3.63, 3.8) is 0 Å². The van der Waals surface area contributed by atoms with Gasteiger partial charge in [0.25, 0.3) is 0 Å². The number of nitrogens with one attached hydrogen (secondary N) is 3. The minimum absolute atomic E-state index is 0.0238. The molecule has 0 aromatic heterocycles. The molecule has 9 nitrogen and oxygen atoms in total. The summed E-state index contributed by atoms with van der Waals surface area (Å²) in [6.07, 6.45) is 1.79. The molecule has 0 heterocycles. The number of hydrogen-bond acceptors (Lipinski definition) is 6. The largest absolute Gasteiger partial charge is 0.379 e. The van der Waals surface area contributed by atoms with Crippen LogP contribution in [0.4, 0.5) is 0 Å². The summed E-state index contributed by atoms with van der Waals surface area (Å²) >= 11 is 0. The molecule has 0 rings (SSSR count). The van der Waals surface area contributed by atoms with E-state index >= 15 is 0 Å². The minimum atomic E-state index is -0.249. The predicted octanol–water partition coefficient (Wildman–Crippen LogP) is 1.73. The summed E-state index contributed by atoms with van der Waals surface area (Å²) in [6.45, 7) is 17.9. The van der Waals surface area contributed by atoms with Gasteiger partial charge in [-0.15, -0.1) is 0 Å². The van der Waals surface area contributed by atoms with E-state index in [9.17, 15) is 14.4 Å². The molecule has 3 amide bonds. The van der Waals surface area contributed by atoms with Crippen molar-refractivity contribution in [2.45, 2.75) is 53.1 Å². The second-order valence-corrected chi connectivity index (χ2v) is 8.22. The van der Waals surface area contributed by atoms with E-state index < -0.39 is 0 Å². The molecule has 0 aromatic carbocycles. The summed E-state index contributed by atoms with van der Waals surface area (Å²) in [5.74, 6) is -0.335. The van der Waals surface area contributed by atoms with Crippen LogP contribution in [0.3, 0.4) is 0 Å². The first-order chi connectivity index (χ1) is 15.6. The Hall–Kier alpha value is -2.23. The van der Waals surface area contributed by atoms with Crippen molar-refractivity contribution in [2.24, 2.45) is 5.92 Å². The molecule has 0 saturated carbocycles. The van der Waals surface area contributed by atoms with Crippen LogP contribution in [0, 0.1) is 5.92 Å². The number of carbonyl (C=O) groups excluding carboxylic acids is 3. The Balaban J connectivity index is 4.17. The van der Waals surface area contributed by atoms with E-state index in [-0.39, 0.29) is 29.7 Å². The molecular weight excluding hydrogens is 426 g/mol. The van der Waals surface area contributed by atoms with Crippen LogP contribution in [-0.2, 0) is 28.6 Å². The maximum absolute atomic E-state index is 11.6. The highest BCUT2D eigenvalue weighted by Crippen LogP contribution is 2.00. The van der Waals surface area contributed by atoms with Crippen molar-refractivity contribution < 1.29 is 28.6 Å². The van der Waals surface area contributed by atoms with Crippen LogP contribution in [0.2, 0.25) is 0 Å². The van der Waals surface area contributed by atoms with E-state index in [0.717, 1.165) is 0 Å². The van der Waals surface area contributed by atoms with Crippen LogP contribution in [-0.4, -0.2) is 76.5 Å². The van der Waals surface area contributed by atoms with Gasteiger partial charge in [0.05, 0.1) is 13.2 Å². The lowest BCUT2D eigenvalue weighted by atomic mass is 10.2. The van der Waals surface area contributed by atoms with Gasteiger partial charge in [0.2, 0.25) is 17.7 Å². The summed E-state index contributed by atoms with van der Waals surface area (Å²) in [6, 6.07) is 0. The van der Waals surface area contributed by atoms with Crippen LogP contribution in [0.5, 0.6) is 0 Å². The van der Waals surface area contributed by atoms with Gasteiger partial charge in [-0.3, -0.25) is 14.4 Å². The van der Waals surface area contributed by atoms with Gasteiger partial charge in [-0.25, -0.2) is 0 Å². The number of hydrogen-bond donors (Lipinski definition) is 3. The smallest absolute Gasteiger partial charge is 0.246 e. The lowest BCUT2D eigenvalue weighted by molar-refractivity contribution is -0.124. The fraction of sp³-hybridized carbons (Fsp3) is 0.708. The van der Waals surface area contributed by atoms with E-state index in [1.54, 1.807) is 13.8 Å². The molecule has 9 heteroatoms. The Morgan fingerprint density at radius 2 is 1.15 bits per heavy atom. The number of carbonyl (C=O) groups is 3. The molecule has 33 heavy (non-hydrogen) atoms. The molecule has 190 valence electrons. The fourth-order valence-corrected chi connectivity index (χ4v) is 2.37. The van der Waals surface area contributed by atoms with Gasteiger partial charge >= 0.3 is 0 Å². The predicted molar refractivity (Wildman–Crippen MR) is 129 cm³/mol. The molecule has 0 saturated heterocycles. The van der Waals surface area contributed by atoms with Crippen molar-refractivity contribution >= 4 is 17.7 Å². The van der Waals surface area contributed by atoms with E-state index in [4.69, 9.17) is 14.2 Å². The van der Waals surface area contributed by atoms with Gasteiger partial charge < -0.3 is 30.2 Å². The standard InChI is InChI=1S/C24H43N3O6/c1-18(2)22(28)25-10-7-13-31-16-21(33-15-9-12-27-24(30)20(5)6)17-32-14-8-11-26-23(29)19(3)4/h20-21H,1,3,7-17H2,2,4-6H3,(H,25,28)(H,26,29)(H,27,30). The molecule has 0 aliphatic heterocycles. The summed E-state index contributed by atoms with van der Waals surface area (Å²) in [7, 11) is 0. The Bertz CT molecular complexity index is 583. The van der Waals surface area contributed by atoms with Gasteiger partial charge in [-0.05, 0) is 33.1 Å². The SMILES string of the molecule is C=C(C)C(=O)NCCCOCC(COCCCNC(=O)C(=C)C)OCCCNC(=O)C(C)C. The molecule has 0 bridgehead atoms. The third kappa shape index (κ3) is 17.9. The highest BCUT2D eigenvalue weighted by atomic mass is 16.6. The number of amides is 3. The Kier molecular flexibility index (Phi) is 18.0. The third-order valence-corrected chi connectivity index (χ3v) is 4.38. The summed E-state index contributed by atoms with van der Waals surface area (Å²) < 4.78 is 17.2. The molecule has 0 fully saturated rings. The van der Waals surface area contributed by atoms with Crippen LogP contribution < -0.4 is 16.0 Å². The number of ether oxygens (including phenoxy) is 3. The lowest BCUT2D eigenvalue weighted by Crippen LogP contribution is -2.31. The fourth-order valence-electron chi connectivity index (χ4n) is 2.37. The zero-order chi connectivity index (χ0) is 25.1. The van der Waals surface area contributed by atoms with E-state index in [2.05, 4.69) is 29.1 Å². The van der Waals surface area contributed by atoms with Crippen molar-refractivity contribution in [2.75, 3.05) is 52.7 Å². The molecule has 0 radical (unpaired) electrons. The maximum Gasteiger partial charge on any atom is 0.246 e. The first-order valence-corrected chi connectivity index (χ1v) is 11.6. The van der Waals surface area contributed by atoms with Gasteiger partial charge in [0, 0.05) is 56.5 Å². The third-order valence-electron chi connectivity index (χ3n) is 4.38. The summed E-state index contributed by atoms with van der Waals surface area (Å²) in [4.78, 5) is 34.5. The van der Waals surface area contributed by atoms with Gasteiger partial charge in [-0.1, -0.05) is 27.0 Å². The highest BCUT2D eigenvalue weighted by molar-refractivity contribution is 5.92. The molecular formula is C24H43N3O6. The zero-order valence-electron chi connectivity index (χ0n) is 20.8. The molecule has 0 spiro atoms. The topological polar surface area (TPSA) is 115 Å². The van der Waals surface area contributed by atoms with Crippen molar-refractivity contribution in [3.8, 4) is 0 Å². The van der Waals surface area contributed by atoms with Crippen LogP contribution in [0.1, 0.15) is 47.0 Å². The van der Waals surface area contributed by atoms with Gasteiger partial charge in [0.15, 0.2) is 0 Å². The lowest BCUT2D eigenvalue weighted by Gasteiger charge is -2.19. The molecule has 0 aliphatic rings. The number of rotatable bonds is 20. The second kappa shape index (κ2) is 19.3. The summed E-state index contributed by atoms with van der Waals surface area (Å²) in [5.41, 5.74) is 0.954. The van der Waals surface area contributed by atoms with E-state index in [1.807, 2.05) is 13.8 Å². The maximum atomic E-state index is 11.6. The van der Waals surface area contributed by atoms with Gasteiger partial charge in [0.1, 0.15) is 6.10 Å². The Morgan fingerprint density at radius 1 is 0.727 bits per heavy atom. The average Bonchev–Trinajstić information content (AvgIpc) is 2.76. The normalized spacial score (nSPS) is 10.8. The minimum Gasteiger partial charge on any atom is -0.379 e. The Morgan fingerprint density at radius 3 is 1.58 bits per heavy atom. The van der Waals surface area contributed by atoms with E-state index in [0.29, 0.717) is 83.1 Å². The van der Waals surface area contributed by atoms with E-state index in [1.165, 1.54) is 0 Å². The average molecular weight is 470 g/mol. The quantitative estimate of drug-likeness (QED) is 0.185. The van der Waals surface area contributed by atoms with Crippen molar-refractivity contribution in [1.82, 2.24) is 16.0 Å². The summed E-state index contributed by atoms with van der Waals surface area (Å²) in [5, 5.41) is 8.38. The second-order valence-electron chi connectivity index (χ2n) is 8.22. The van der Waals surface area contributed by atoms with Crippen LogP contribution >= 0.6 is 0 Å². The van der Waals surface area contributed by atoms with Gasteiger partial charge in [-0.2, -0.15) is 0 Å². The van der Waals surface area contributed by atoms with Crippen LogP contribution in [0.25, 0.3) is 0 Å². The van der Waals surface area contributed by atoms with Crippen LogP contribution in [0.15, 0.2) is 24.3 Å². The molecule has 0 aromatic rings. The highest BCUT2D eigenvalue weighted by Gasteiger charge is 2.11. The molecule has 3 N–H and O–H groups in total. The molecule has 0 aliphatic carbocycles. The Labute approximate surface area is 198 Å². The van der Waals surface area contributed by atoms with Crippen molar-refractivity contribution in [3.05, 3.63) is 24.3 Å². The molecule has 0 unspecified atom stereocenters. The zero-order valence-corrected chi connectivity index (χ0v) is 20.8. The monoisotopic (exact) mass is 469 g/mol.